The van der Waals surface area contributed by atoms with Gasteiger partial charge in [-0.1, -0.05) is 42.8 Å². The van der Waals surface area contributed by atoms with Crippen LogP contribution < -0.4 is 51.4 Å². The van der Waals surface area contributed by atoms with E-state index in [1.54, 1.807) is 0 Å². The first-order valence-electron chi connectivity index (χ1n) is 3.07. The van der Waals surface area contributed by atoms with Gasteiger partial charge in [0.25, 0.3) is 0 Å². The largest absolute Gasteiger partial charge is 1.00 e. The summed E-state index contributed by atoms with van der Waals surface area (Å²) in [5.74, 6) is 0. The fraction of sp³-hybridized carbons (Fsp3) is 0.250. The number of benzene rings is 1. The van der Waals surface area contributed by atoms with E-state index in [2.05, 4.69) is 0 Å². The Morgan fingerprint density at radius 3 is 2.00 bits per heavy atom. The van der Waals surface area contributed by atoms with Crippen LogP contribution in [0.4, 0.5) is 0 Å². The van der Waals surface area contributed by atoms with Gasteiger partial charge in [-0.05, 0) is 0 Å². The molecule has 10 heavy (non-hydrogen) atoms. The second-order valence-corrected chi connectivity index (χ2v) is 2.13. The molecule has 1 rings (SSSR count). The third kappa shape index (κ3) is 3.28. The Balaban J connectivity index is 0.000000810. The minimum absolute atomic E-state index is 0. The van der Waals surface area contributed by atoms with Crippen LogP contribution in [0.2, 0.25) is 0 Å². The van der Waals surface area contributed by atoms with Crippen molar-refractivity contribution in [2.24, 2.45) is 0 Å². The van der Waals surface area contributed by atoms with Crippen molar-refractivity contribution in [3.05, 3.63) is 41.6 Å². The molecule has 0 aliphatic heterocycles. The predicted octanol–water partition coefficient (Wildman–Crippen LogP) is -0.196. The zero-order valence-electron chi connectivity index (χ0n) is 6.46. The van der Waals surface area contributed by atoms with Crippen LogP contribution in [-0.4, -0.2) is 0 Å². The minimum atomic E-state index is -0.0915. The number of hydrogen-bond donors (Lipinski definition) is 0. The van der Waals surface area contributed by atoms with Crippen molar-refractivity contribution >= 4 is 0 Å². The van der Waals surface area contributed by atoms with E-state index in [9.17, 15) is 0 Å². The van der Waals surface area contributed by atoms with Crippen LogP contribution in [-0.2, 0) is 0 Å². The summed E-state index contributed by atoms with van der Waals surface area (Å²) in [7, 11) is 0. The quantitative estimate of drug-likeness (QED) is 0.507. The second kappa shape index (κ2) is 5.46. The molecule has 48 valence electrons. The van der Waals surface area contributed by atoms with Crippen molar-refractivity contribution < 1.29 is 51.4 Å². The van der Waals surface area contributed by atoms with Crippen molar-refractivity contribution in [3.8, 4) is 0 Å². The van der Waals surface area contributed by atoms with Crippen molar-refractivity contribution in [2.45, 2.75) is 13.0 Å². The van der Waals surface area contributed by atoms with Crippen LogP contribution in [0.25, 0.3) is 5.73 Å². The van der Waals surface area contributed by atoms with Gasteiger partial charge in [-0.3, -0.25) is 0 Å². The molecule has 0 fully saturated rings. The summed E-state index contributed by atoms with van der Waals surface area (Å²) in [5.41, 5.74) is 8.40. The average molecular weight is 159 g/mol. The fourth-order valence-corrected chi connectivity index (χ4v) is 0.742. The molecule has 1 nitrogen and oxygen atoms in total. The van der Waals surface area contributed by atoms with E-state index in [-0.39, 0.29) is 57.4 Å². The summed E-state index contributed by atoms with van der Waals surface area (Å²) in [6.07, 6.45) is 0. The minimum Gasteiger partial charge on any atom is -0.671 e. The molecule has 0 saturated carbocycles. The van der Waals surface area contributed by atoms with Crippen molar-refractivity contribution in [2.75, 3.05) is 0 Å². The Morgan fingerprint density at radius 2 is 1.70 bits per heavy atom. The maximum absolute atomic E-state index is 7.32. The van der Waals surface area contributed by atoms with E-state index in [1.165, 1.54) is 0 Å². The molecular weight excluding hydrogens is 149 g/mol. The van der Waals surface area contributed by atoms with Crippen LogP contribution in [0.1, 0.15) is 18.5 Å². The molecule has 0 unspecified atom stereocenters. The van der Waals surface area contributed by atoms with Gasteiger partial charge in [0, 0.05) is 0 Å². The first kappa shape index (κ1) is 10.8. The molecule has 0 radical (unpaired) electrons. The monoisotopic (exact) mass is 159 g/mol. The summed E-state index contributed by atoms with van der Waals surface area (Å²) in [4.78, 5) is 0. The normalized spacial score (nSPS) is 11.8. The summed E-state index contributed by atoms with van der Waals surface area (Å²) in [6.45, 7) is 1.87. The molecule has 0 bridgehead atoms. The van der Waals surface area contributed by atoms with Gasteiger partial charge in [0.2, 0.25) is 0 Å². The van der Waals surface area contributed by atoms with Gasteiger partial charge in [0.15, 0.2) is 0 Å². The van der Waals surface area contributed by atoms with Crippen molar-refractivity contribution in [1.82, 2.24) is 0 Å². The average Bonchev–Trinajstić information content (AvgIpc) is 1.90. The molecule has 1 aromatic rings. The smallest absolute Gasteiger partial charge is 0.671 e. The standard InChI is InChI=1S/C8H10N.K/c1-7(9)8-5-3-2-4-6-8;/h2-7,9H,1H3;/q-1;+1/t7-;/m1./s1. The van der Waals surface area contributed by atoms with Gasteiger partial charge in [0.05, 0.1) is 0 Å². The Morgan fingerprint density at radius 1 is 1.20 bits per heavy atom. The number of nitrogens with one attached hydrogen (secondary N) is 1. The molecule has 0 spiro atoms. The molecule has 1 aromatic carbocycles. The van der Waals surface area contributed by atoms with Crippen LogP contribution >= 0.6 is 0 Å². The van der Waals surface area contributed by atoms with E-state index >= 15 is 0 Å². The Hall–Kier alpha value is 0.816. The molecule has 0 amide bonds. The Bertz CT molecular complexity index is 172. The van der Waals surface area contributed by atoms with Gasteiger partial charge < -0.3 is 5.73 Å². The van der Waals surface area contributed by atoms with E-state index in [0.717, 1.165) is 5.56 Å². The topological polar surface area (TPSA) is 23.8 Å². The van der Waals surface area contributed by atoms with Gasteiger partial charge in [0.1, 0.15) is 0 Å². The maximum atomic E-state index is 7.32. The third-order valence-electron chi connectivity index (χ3n) is 1.30. The van der Waals surface area contributed by atoms with E-state index in [0.29, 0.717) is 0 Å². The molecule has 0 aliphatic carbocycles. The molecule has 1 N–H and O–H groups in total. The maximum Gasteiger partial charge on any atom is 1.00 e. The van der Waals surface area contributed by atoms with Crippen LogP contribution in [0.5, 0.6) is 0 Å². The fourth-order valence-electron chi connectivity index (χ4n) is 0.742. The second-order valence-electron chi connectivity index (χ2n) is 2.13. The third-order valence-corrected chi connectivity index (χ3v) is 1.30. The summed E-state index contributed by atoms with van der Waals surface area (Å²) >= 11 is 0. The molecule has 0 heterocycles. The van der Waals surface area contributed by atoms with Gasteiger partial charge >= 0.3 is 51.4 Å². The Labute approximate surface area is 104 Å². The summed E-state index contributed by atoms with van der Waals surface area (Å²) in [5, 5.41) is 0. The molecule has 2 heteroatoms. The summed E-state index contributed by atoms with van der Waals surface area (Å²) in [6, 6.07) is 9.73. The Kier molecular flexibility index (Phi) is 5.91. The van der Waals surface area contributed by atoms with Crippen LogP contribution in [0, 0.1) is 0 Å². The van der Waals surface area contributed by atoms with Gasteiger partial charge in [-0.25, -0.2) is 0 Å². The molecule has 0 aliphatic rings. The van der Waals surface area contributed by atoms with Crippen molar-refractivity contribution in [1.29, 1.82) is 0 Å². The SMILES string of the molecule is C[C@@H]([NH-])c1ccccc1.[K+]. The van der Waals surface area contributed by atoms with Crippen LogP contribution in [0.3, 0.4) is 0 Å². The zero-order valence-corrected chi connectivity index (χ0v) is 9.59. The van der Waals surface area contributed by atoms with Crippen molar-refractivity contribution in [3.63, 3.8) is 0 Å². The van der Waals surface area contributed by atoms with E-state index in [4.69, 9.17) is 5.73 Å². The first-order valence-corrected chi connectivity index (χ1v) is 3.07. The van der Waals surface area contributed by atoms with Gasteiger partial charge in [-0.2, -0.15) is 0 Å². The molecule has 0 saturated heterocycles. The van der Waals surface area contributed by atoms with E-state index < -0.39 is 0 Å². The summed E-state index contributed by atoms with van der Waals surface area (Å²) < 4.78 is 0. The molecule has 1 atom stereocenters. The zero-order chi connectivity index (χ0) is 6.69. The molecular formula is C8H10KN. The van der Waals surface area contributed by atoms with Crippen LogP contribution in [0.15, 0.2) is 30.3 Å². The van der Waals surface area contributed by atoms with E-state index in [1.807, 2.05) is 37.3 Å². The first-order chi connectivity index (χ1) is 4.30. The van der Waals surface area contributed by atoms with Gasteiger partial charge in [-0.15, -0.1) is 6.04 Å². The predicted molar refractivity (Wildman–Crippen MR) is 39.2 cm³/mol. The number of rotatable bonds is 1. The molecule has 0 aromatic heterocycles. The number of hydrogen-bond acceptors (Lipinski definition) is 0.